The van der Waals surface area contributed by atoms with E-state index in [0.29, 0.717) is 11.3 Å². The minimum absolute atomic E-state index is 0.301. The lowest BCUT2D eigenvalue weighted by Gasteiger charge is -2.02. The van der Waals surface area contributed by atoms with Crippen LogP contribution in [0.25, 0.3) is 21.5 Å². The predicted octanol–water partition coefficient (Wildman–Crippen LogP) is 5.42. The van der Waals surface area contributed by atoms with E-state index in [1.165, 1.54) is 21.5 Å². The largest absolute Gasteiger partial charge is 0.478 e. The summed E-state index contributed by atoms with van der Waals surface area (Å²) < 4.78 is 0. The third kappa shape index (κ3) is 3.78. The lowest BCUT2D eigenvalue weighted by molar-refractivity contribution is 0.0698. The highest BCUT2D eigenvalue weighted by Crippen LogP contribution is 2.22. The fraction of sp³-hybridized carbons (Fsp3) is 0.0455. The number of hydrogen-bond acceptors (Lipinski definition) is 2. The molecule has 0 aliphatic heterocycles. The van der Waals surface area contributed by atoms with Gasteiger partial charge in [0.05, 0.1) is 5.56 Å². The van der Waals surface area contributed by atoms with Gasteiger partial charge in [0.2, 0.25) is 0 Å². The molecule has 4 rings (SSSR count). The van der Waals surface area contributed by atoms with Gasteiger partial charge in [0, 0.05) is 12.7 Å². The van der Waals surface area contributed by atoms with E-state index in [0.717, 1.165) is 0 Å². The number of anilines is 1. The molecular formula is C22H19NO2. The molecule has 0 heterocycles. The third-order valence-corrected chi connectivity index (χ3v) is 4.04. The van der Waals surface area contributed by atoms with Crippen LogP contribution < -0.4 is 5.32 Å². The SMILES string of the molecule is CNc1ccccc1C(=O)O.c1ccc2cc3ccccc3cc2c1. The number of carboxylic acids is 1. The lowest BCUT2D eigenvalue weighted by atomic mass is 10.0. The summed E-state index contributed by atoms with van der Waals surface area (Å²) >= 11 is 0. The molecule has 124 valence electrons. The molecule has 3 heteroatoms. The van der Waals surface area contributed by atoms with Crippen LogP contribution in [-0.4, -0.2) is 18.1 Å². The maximum atomic E-state index is 10.5. The van der Waals surface area contributed by atoms with Gasteiger partial charge >= 0.3 is 5.97 Å². The maximum Gasteiger partial charge on any atom is 0.337 e. The minimum atomic E-state index is -0.907. The Bertz CT molecular complexity index is 919. The second-order valence-electron chi connectivity index (χ2n) is 5.65. The predicted molar refractivity (Wildman–Crippen MR) is 104 cm³/mol. The Labute approximate surface area is 146 Å². The van der Waals surface area contributed by atoms with E-state index in [9.17, 15) is 4.79 Å². The van der Waals surface area contributed by atoms with E-state index in [1.54, 1.807) is 31.3 Å². The molecule has 25 heavy (non-hydrogen) atoms. The third-order valence-electron chi connectivity index (χ3n) is 4.04. The van der Waals surface area contributed by atoms with Crippen molar-refractivity contribution in [1.29, 1.82) is 0 Å². The van der Waals surface area contributed by atoms with Gasteiger partial charge in [0.15, 0.2) is 0 Å². The Morgan fingerprint density at radius 1 is 0.720 bits per heavy atom. The normalized spacial score (nSPS) is 10.1. The first-order valence-corrected chi connectivity index (χ1v) is 8.06. The van der Waals surface area contributed by atoms with Crippen LogP contribution in [0.4, 0.5) is 5.69 Å². The summed E-state index contributed by atoms with van der Waals surface area (Å²) in [6.45, 7) is 0. The molecule has 0 unspecified atom stereocenters. The van der Waals surface area contributed by atoms with Crippen LogP contribution in [0.5, 0.6) is 0 Å². The van der Waals surface area contributed by atoms with Gasteiger partial charge in [-0.05, 0) is 45.8 Å². The number of para-hydroxylation sites is 1. The van der Waals surface area contributed by atoms with Crippen molar-refractivity contribution in [2.75, 3.05) is 12.4 Å². The Balaban J connectivity index is 0.000000151. The van der Waals surface area contributed by atoms with Crippen molar-refractivity contribution in [3.05, 3.63) is 90.5 Å². The second kappa shape index (κ2) is 7.49. The van der Waals surface area contributed by atoms with E-state index in [1.807, 2.05) is 0 Å². The molecule has 0 amide bonds. The van der Waals surface area contributed by atoms with Gasteiger partial charge in [-0.3, -0.25) is 0 Å². The Morgan fingerprint density at radius 3 is 1.48 bits per heavy atom. The van der Waals surface area contributed by atoms with Gasteiger partial charge in [-0.1, -0.05) is 60.7 Å². The molecule has 2 N–H and O–H groups in total. The highest BCUT2D eigenvalue weighted by Gasteiger charge is 2.05. The van der Waals surface area contributed by atoms with E-state index >= 15 is 0 Å². The van der Waals surface area contributed by atoms with Crippen molar-refractivity contribution in [3.8, 4) is 0 Å². The van der Waals surface area contributed by atoms with Crippen molar-refractivity contribution in [1.82, 2.24) is 0 Å². The zero-order valence-corrected chi connectivity index (χ0v) is 13.9. The van der Waals surface area contributed by atoms with Gasteiger partial charge in [0.1, 0.15) is 0 Å². The molecule has 0 radical (unpaired) electrons. The topological polar surface area (TPSA) is 49.3 Å². The zero-order valence-electron chi connectivity index (χ0n) is 13.9. The van der Waals surface area contributed by atoms with Crippen LogP contribution in [0.3, 0.4) is 0 Å². The molecule has 0 bridgehead atoms. The standard InChI is InChI=1S/C14H10.C8H9NO2/c1-2-6-12-10-14-8-4-3-7-13(14)9-11(12)5-1;1-9-7-5-3-2-4-6(7)8(10)11/h1-10H;2-5,9H,1H3,(H,10,11). The zero-order chi connectivity index (χ0) is 17.6. The molecule has 0 saturated heterocycles. The van der Waals surface area contributed by atoms with Crippen molar-refractivity contribution in [2.45, 2.75) is 0 Å². The van der Waals surface area contributed by atoms with Crippen molar-refractivity contribution in [2.24, 2.45) is 0 Å². The molecule has 0 aromatic heterocycles. The van der Waals surface area contributed by atoms with Gasteiger partial charge in [-0.2, -0.15) is 0 Å². The summed E-state index contributed by atoms with van der Waals surface area (Å²) in [6.07, 6.45) is 0. The van der Waals surface area contributed by atoms with Crippen LogP contribution in [0.1, 0.15) is 10.4 Å². The highest BCUT2D eigenvalue weighted by molar-refractivity contribution is 5.98. The van der Waals surface area contributed by atoms with Crippen LogP contribution in [0.2, 0.25) is 0 Å². The summed E-state index contributed by atoms with van der Waals surface area (Å²) in [5.74, 6) is -0.907. The molecule has 3 nitrogen and oxygen atoms in total. The molecule has 4 aromatic rings. The first kappa shape index (κ1) is 16.5. The molecule has 0 fully saturated rings. The first-order chi connectivity index (χ1) is 12.2. The Kier molecular flexibility index (Phi) is 4.95. The smallest absolute Gasteiger partial charge is 0.337 e. The summed E-state index contributed by atoms with van der Waals surface area (Å²) in [6, 6.07) is 28.2. The average Bonchev–Trinajstić information content (AvgIpc) is 2.66. The number of hydrogen-bond donors (Lipinski definition) is 2. The molecular weight excluding hydrogens is 310 g/mol. The number of carboxylic acid groups (broad SMARTS) is 1. The molecule has 0 saturated carbocycles. The van der Waals surface area contributed by atoms with E-state index < -0.39 is 5.97 Å². The van der Waals surface area contributed by atoms with E-state index in [2.05, 4.69) is 66.0 Å². The summed E-state index contributed by atoms with van der Waals surface area (Å²) in [4.78, 5) is 10.5. The maximum absolute atomic E-state index is 10.5. The number of benzene rings is 4. The van der Waals surface area contributed by atoms with Gasteiger partial charge in [0.25, 0.3) is 0 Å². The number of fused-ring (bicyclic) bond motifs is 2. The first-order valence-electron chi connectivity index (χ1n) is 8.06. The van der Waals surface area contributed by atoms with Crippen LogP contribution in [0, 0.1) is 0 Å². The summed E-state index contributed by atoms with van der Waals surface area (Å²) in [5, 5.41) is 16.7. The second-order valence-corrected chi connectivity index (χ2v) is 5.65. The lowest BCUT2D eigenvalue weighted by Crippen LogP contribution is -2.01. The fourth-order valence-corrected chi connectivity index (χ4v) is 2.77. The Hall–Kier alpha value is -3.33. The summed E-state index contributed by atoms with van der Waals surface area (Å²) in [5.41, 5.74) is 0.940. The van der Waals surface area contributed by atoms with Crippen LogP contribution >= 0.6 is 0 Å². The number of rotatable bonds is 2. The molecule has 0 spiro atoms. The van der Waals surface area contributed by atoms with Gasteiger partial charge in [-0.15, -0.1) is 0 Å². The van der Waals surface area contributed by atoms with Crippen LogP contribution in [0.15, 0.2) is 84.9 Å². The van der Waals surface area contributed by atoms with Crippen molar-refractivity contribution < 1.29 is 9.90 Å². The van der Waals surface area contributed by atoms with Crippen molar-refractivity contribution in [3.63, 3.8) is 0 Å². The van der Waals surface area contributed by atoms with E-state index in [-0.39, 0.29) is 0 Å². The minimum Gasteiger partial charge on any atom is -0.478 e. The van der Waals surface area contributed by atoms with Crippen molar-refractivity contribution >= 4 is 33.2 Å². The molecule has 0 atom stereocenters. The summed E-state index contributed by atoms with van der Waals surface area (Å²) in [7, 11) is 1.70. The van der Waals surface area contributed by atoms with E-state index in [4.69, 9.17) is 5.11 Å². The number of aromatic carboxylic acids is 1. The monoisotopic (exact) mass is 329 g/mol. The molecule has 4 aromatic carbocycles. The van der Waals surface area contributed by atoms with Gasteiger partial charge < -0.3 is 10.4 Å². The molecule has 0 aliphatic carbocycles. The Morgan fingerprint density at radius 2 is 1.12 bits per heavy atom. The quantitative estimate of drug-likeness (QED) is 0.483. The average molecular weight is 329 g/mol. The highest BCUT2D eigenvalue weighted by atomic mass is 16.4. The molecule has 0 aliphatic rings. The van der Waals surface area contributed by atoms with Crippen LogP contribution in [-0.2, 0) is 0 Å². The number of nitrogens with one attached hydrogen (secondary N) is 1. The number of carbonyl (C=O) groups is 1. The fourth-order valence-electron chi connectivity index (χ4n) is 2.77. The van der Waals surface area contributed by atoms with Gasteiger partial charge in [-0.25, -0.2) is 4.79 Å².